The van der Waals surface area contributed by atoms with Crippen molar-refractivity contribution in [3.05, 3.63) is 46.4 Å². The van der Waals surface area contributed by atoms with Gasteiger partial charge in [0.1, 0.15) is 5.75 Å². The lowest BCUT2D eigenvalue weighted by atomic mass is 9.96. The standard InChI is InChI=1S/C14H16N2O2/c1-9-7-12(18-4)5-6-13(9)14-10(2)8-15-16(17)11(14)3/h5-8H,1-4H3. The van der Waals surface area contributed by atoms with Crippen LogP contribution in [0.5, 0.6) is 5.75 Å². The molecule has 0 unspecified atom stereocenters. The molecule has 0 radical (unpaired) electrons. The molecule has 0 aliphatic carbocycles. The summed E-state index contributed by atoms with van der Waals surface area (Å²) in [5, 5.41) is 15.3. The number of hydrogen-bond donors (Lipinski definition) is 0. The Hall–Kier alpha value is -2.10. The maximum absolute atomic E-state index is 11.6. The Morgan fingerprint density at radius 3 is 2.50 bits per heavy atom. The largest absolute Gasteiger partial charge is 0.594 e. The average Bonchev–Trinajstić information content (AvgIpc) is 2.36. The third kappa shape index (κ3) is 2.01. The molecule has 18 heavy (non-hydrogen) atoms. The number of ether oxygens (including phenoxy) is 1. The molecule has 1 heterocycles. The molecule has 0 saturated carbocycles. The fraction of sp³-hybridized carbons (Fsp3) is 0.286. The van der Waals surface area contributed by atoms with Gasteiger partial charge in [-0.1, -0.05) is 10.9 Å². The van der Waals surface area contributed by atoms with E-state index in [2.05, 4.69) is 5.10 Å². The normalized spacial score (nSPS) is 10.4. The van der Waals surface area contributed by atoms with Crippen LogP contribution >= 0.6 is 0 Å². The summed E-state index contributed by atoms with van der Waals surface area (Å²) < 4.78 is 5.19. The van der Waals surface area contributed by atoms with Gasteiger partial charge in [-0.25, -0.2) is 0 Å². The van der Waals surface area contributed by atoms with Crippen LogP contribution in [0.2, 0.25) is 0 Å². The van der Waals surface area contributed by atoms with Gasteiger partial charge in [-0.15, -0.1) is 0 Å². The van der Waals surface area contributed by atoms with E-state index in [0.29, 0.717) is 10.5 Å². The molecule has 0 N–H and O–H groups in total. The molecule has 4 nitrogen and oxygen atoms in total. The molecule has 0 aliphatic heterocycles. The minimum atomic E-state index is 0.614. The number of hydrogen-bond acceptors (Lipinski definition) is 3. The Bertz CT molecular complexity index is 595. The first-order chi connectivity index (χ1) is 8.54. The zero-order valence-corrected chi connectivity index (χ0v) is 11.0. The minimum absolute atomic E-state index is 0.614. The molecule has 0 aliphatic rings. The van der Waals surface area contributed by atoms with Crippen LogP contribution in [0.15, 0.2) is 24.4 Å². The van der Waals surface area contributed by atoms with Crippen LogP contribution < -0.4 is 9.58 Å². The number of aryl methyl sites for hydroxylation is 2. The lowest BCUT2D eigenvalue weighted by Crippen LogP contribution is -2.35. The summed E-state index contributed by atoms with van der Waals surface area (Å²) in [5.41, 5.74) is 4.67. The van der Waals surface area contributed by atoms with Crippen LogP contribution in [0.1, 0.15) is 16.8 Å². The lowest BCUT2D eigenvalue weighted by Gasteiger charge is -2.11. The van der Waals surface area contributed by atoms with Gasteiger partial charge in [0.25, 0.3) is 0 Å². The first-order valence-electron chi connectivity index (χ1n) is 5.75. The summed E-state index contributed by atoms with van der Waals surface area (Å²) in [6.07, 6.45) is 1.60. The number of methoxy groups -OCH3 is 1. The summed E-state index contributed by atoms with van der Waals surface area (Å²) in [5.74, 6) is 0.815. The molecule has 94 valence electrons. The quantitative estimate of drug-likeness (QED) is 0.601. The second-order valence-corrected chi connectivity index (χ2v) is 4.34. The van der Waals surface area contributed by atoms with Gasteiger partial charge in [0.05, 0.1) is 18.9 Å². The molecule has 0 saturated heterocycles. The topological polar surface area (TPSA) is 49.1 Å². The second kappa shape index (κ2) is 4.64. The molecule has 2 aromatic rings. The van der Waals surface area contributed by atoms with Gasteiger partial charge in [-0.2, -0.15) is 0 Å². The Balaban J connectivity index is 2.66. The smallest absolute Gasteiger partial charge is 0.226 e. The van der Waals surface area contributed by atoms with E-state index in [-0.39, 0.29) is 0 Å². The zero-order valence-electron chi connectivity index (χ0n) is 11.0. The average molecular weight is 244 g/mol. The Labute approximate surface area is 106 Å². The molecule has 1 aromatic heterocycles. The summed E-state index contributed by atoms with van der Waals surface area (Å²) in [6, 6.07) is 5.84. The van der Waals surface area contributed by atoms with Crippen molar-refractivity contribution in [2.75, 3.05) is 7.11 Å². The van der Waals surface area contributed by atoms with Crippen LogP contribution in [0.3, 0.4) is 0 Å². The molecule has 0 atom stereocenters. The molecule has 0 fully saturated rings. The first-order valence-corrected chi connectivity index (χ1v) is 5.75. The highest BCUT2D eigenvalue weighted by molar-refractivity contribution is 5.71. The lowest BCUT2D eigenvalue weighted by molar-refractivity contribution is -0.674. The molecule has 0 bridgehead atoms. The maximum Gasteiger partial charge on any atom is 0.226 e. The molecule has 2 rings (SSSR count). The fourth-order valence-corrected chi connectivity index (χ4v) is 2.12. The van der Waals surface area contributed by atoms with Crippen molar-refractivity contribution < 1.29 is 9.58 Å². The number of rotatable bonds is 2. The van der Waals surface area contributed by atoms with Crippen molar-refractivity contribution in [2.24, 2.45) is 0 Å². The van der Waals surface area contributed by atoms with Gasteiger partial charge >= 0.3 is 0 Å². The van der Waals surface area contributed by atoms with Gasteiger partial charge in [-0.05, 0) is 42.7 Å². The number of aromatic nitrogens is 2. The Morgan fingerprint density at radius 1 is 1.17 bits per heavy atom. The van der Waals surface area contributed by atoms with Crippen molar-refractivity contribution in [1.82, 2.24) is 5.10 Å². The molecule has 0 spiro atoms. The van der Waals surface area contributed by atoms with Crippen LogP contribution in [0.4, 0.5) is 0 Å². The Kier molecular flexibility index (Phi) is 3.19. The van der Waals surface area contributed by atoms with E-state index in [0.717, 1.165) is 28.0 Å². The second-order valence-electron chi connectivity index (χ2n) is 4.34. The third-order valence-corrected chi connectivity index (χ3v) is 3.10. The summed E-state index contributed by atoms with van der Waals surface area (Å²) >= 11 is 0. The van der Waals surface area contributed by atoms with E-state index in [1.54, 1.807) is 20.2 Å². The van der Waals surface area contributed by atoms with E-state index in [1.165, 1.54) is 0 Å². The van der Waals surface area contributed by atoms with E-state index in [9.17, 15) is 5.21 Å². The van der Waals surface area contributed by atoms with Crippen molar-refractivity contribution in [2.45, 2.75) is 20.8 Å². The SMILES string of the molecule is COc1ccc(-c2c(C)cn[n+]([O-])c2C)c(C)c1. The van der Waals surface area contributed by atoms with Crippen molar-refractivity contribution in [3.8, 4) is 16.9 Å². The van der Waals surface area contributed by atoms with Crippen LogP contribution in [0, 0.1) is 26.0 Å². The van der Waals surface area contributed by atoms with E-state index in [4.69, 9.17) is 4.74 Å². The predicted octanol–water partition coefficient (Wildman–Crippen LogP) is 2.32. The van der Waals surface area contributed by atoms with Crippen molar-refractivity contribution in [3.63, 3.8) is 0 Å². The highest BCUT2D eigenvalue weighted by Crippen LogP contribution is 2.30. The van der Waals surface area contributed by atoms with Gasteiger partial charge in [0, 0.05) is 12.0 Å². The molecular weight excluding hydrogens is 228 g/mol. The van der Waals surface area contributed by atoms with E-state index in [1.807, 2.05) is 32.0 Å². The summed E-state index contributed by atoms with van der Waals surface area (Å²) in [7, 11) is 1.64. The molecule has 1 aromatic carbocycles. The fourth-order valence-electron chi connectivity index (χ4n) is 2.12. The first kappa shape index (κ1) is 12.4. The van der Waals surface area contributed by atoms with E-state index < -0.39 is 0 Å². The van der Waals surface area contributed by atoms with Crippen LogP contribution in [-0.2, 0) is 0 Å². The molecule has 0 amide bonds. The number of nitrogens with zero attached hydrogens (tertiary/aromatic N) is 2. The third-order valence-electron chi connectivity index (χ3n) is 3.10. The van der Waals surface area contributed by atoms with Gasteiger partial charge in [0.2, 0.25) is 5.69 Å². The van der Waals surface area contributed by atoms with Gasteiger partial charge < -0.3 is 9.94 Å². The molecular formula is C14H16N2O2. The van der Waals surface area contributed by atoms with E-state index >= 15 is 0 Å². The number of benzene rings is 1. The molecule has 4 heteroatoms. The van der Waals surface area contributed by atoms with Crippen LogP contribution in [0.25, 0.3) is 11.1 Å². The van der Waals surface area contributed by atoms with Crippen molar-refractivity contribution in [1.29, 1.82) is 0 Å². The monoisotopic (exact) mass is 244 g/mol. The summed E-state index contributed by atoms with van der Waals surface area (Å²) in [4.78, 5) is 0.659. The highest BCUT2D eigenvalue weighted by atomic mass is 16.5. The van der Waals surface area contributed by atoms with Gasteiger partial charge in [0.15, 0.2) is 0 Å². The van der Waals surface area contributed by atoms with Crippen molar-refractivity contribution >= 4 is 0 Å². The zero-order chi connectivity index (χ0) is 13.3. The minimum Gasteiger partial charge on any atom is -0.594 e. The maximum atomic E-state index is 11.6. The summed E-state index contributed by atoms with van der Waals surface area (Å²) in [6.45, 7) is 5.75. The Morgan fingerprint density at radius 2 is 1.89 bits per heavy atom. The predicted molar refractivity (Wildman–Crippen MR) is 69.4 cm³/mol. The highest BCUT2D eigenvalue weighted by Gasteiger charge is 2.16. The van der Waals surface area contributed by atoms with Gasteiger partial charge in [-0.3, -0.25) is 0 Å². The van der Waals surface area contributed by atoms with Crippen LogP contribution in [-0.4, -0.2) is 12.2 Å².